The number of allylic oxidation sites excluding steroid dienone is 2. The number of carboxylic acid groups (broad SMARTS) is 2. The maximum atomic E-state index is 11.0. The zero-order valence-electron chi connectivity index (χ0n) is 13.9. The van der Waals surface area contributed by atoms with Crippen LogP contribution >= 0.6 is 0 Å². The van der Waals surface area contributed by atoms with Crippen LogP contribution in [0, 0.1) is 0 Å². The van der Waals surface area contributed by atoms with E-state index in [2.05, 4.69) is 11.3 Å². The van der Waals surface area contributed by atoms with Crippen LogP contribution in [-0.2, 0) is 28.7 Å². The molecule has 0 aliphatic rings. The van der Waals surface area contributed by atoms with Gasteiger partial charge in [0.1, 0.15) is 6.61 Å². The molecular formula is C17H22O8. The van der Waals surface area contributed by atoms with Crippen molar-refractivity contribution in [1.29, 1.82) is 0 Å². The standard InChI is InChI=1S/C13H18O4.C4H4O4/c1-3-4-5-6-7-8-11-17-13(15)10-9-12(14)16-2;5-3(6)1-2-4(7)8/h3,7-10H,1,4-6,11H2,2H3;1-2H,(H,5,6)(H,7,8)/b8-7?,10-9+;2-1-. The number of methoxy groups -OCH3 is 1. The molecule has 0 rings (SSSR count). The fraction of sp³-hybridized carbons (Fsp3) is 0.294. The first-order valence-electron chi connectivity index (χ1n) is 7.16. The van der Waals surface area contributed by atoms with Gasteiger partial charge in [-0.3, -0.25) is 0 Å². The third kappa shape index (κ3) is 23.2. The fourth-order valence-electron chi connectivity index (χ4n) is 1.09. The van der Waals surface area contributed by atoms with Crippen LogP contribution in [0.15, 0.2) is 49.1 Å². The highest BCUT2D eigenvalue weighted by Gasteiger charge is 1.97. The second-order valence-electron chi connectivity index (χ2n) is 4.19. The van der Waals surface area contributed by atoms with Crippen molar-refractivity contribution < 1.29 is 38.9 Å². The predicted octanol–water partition coefficient (Wildman–Crippen LogP) is 1.88. The van der Waals surface area contributed by atoms with Gasteiger partial charge in [-0.25, -0.2) is 19.2 Å². The topological polar surface area (TPSA) is 127 Å². The number of unbranched alkanes of at least 4 members (excludes halogenated alkanes) is 2. The van der Waals surface area contributed by atoms with Gasteiger partial charge in [0.2, 0.25) is 0 Å². The number of esters is 2. The Morgan fingerprint density at radius 2 is 1.44 bits per heavy atom. The Labute approximate surface area is 145 Å². The summed E-state index contributed by atoms with van der Waals surface area (Å²) in [6, 6.07) is 0. The van der Waals surface area contributed by atoms with Crippen molar-refractivity contribution in [3.05, 3.63) is 49.1 Å². The van der Waals surface area contributed by atoms with Gasteiger partial charge in [-0.2, -0.15) is 0 Å². The zero-order valence-corrected chi connectivity index (χ0v) is 13.9. The van der Waals surface area contributed by atoms with Gasteiger partial charge < -0.3 is 19.7 Å². The molecule has 0 atom stereocenters. The number of aliphatic carboxylic acids is 2. The van der Waals surface area contributed by atoms with E-state index in [9.17, 15) is 19.2 Å². The summed E-state index contributed by atoms with van der Waals surface area (Å²) in [5.41, 5.74) is 0. The van der Waals surface area contributed by atoms with Crippen LogP contribution in [0.1, 0.15) is 19.3 Å². The molecular weight excluding hydrogens is 332 g/mol. The van der Waals surface area contributed by atoms with E-state index in [4.69, 9.17) is 14.9 Å². The van der Waals surface area contributed by atoms with Gasteiger partial charge in [0.15, 0.2) is 0 Å². The smallest absolute Gasteiger partial charge is 0.331 e. The quantitative estimate of drug-likeness (QED) is 0.263. The lowest BCUT2D eigenvalue weighted by Gasteiger charge is -1.96. The summed E-state index contributed by atoms with van der Waals surface area (Å²) in [4.78, 5) is 40.8. The highest BCUT2D eigenvalue weighted by molar-refractivity contribution is 5.91. The number of carbonyl (C=O) groups excluding carboxylic acids is 2. The molecule has 0 saturated carbocycles. The average molecular weight is 354 g/mol. The first-order valence-corrected chi connectivity index (χ1v) is 7.16. The fourth-order valence-corrected chi connectivity index (χ4v) is 1.09. The Kier molecular flexibility index (Phi) is 16.6. The summed E-state index contributed by atoms with van der Waals surface area (Å²) in [6.45, 7) is 3.83. The average Bonchev–Trinajstić information content (AvgIpc) is 2.57. The minimum Gasteiger partial charge on any atom is -0.478 e. The highest BCUT2D eigenvalue weighted by atomic mass is 16.5. The molecule has 0 aromatic carbocycles. The first kappa shape index (κ1) is 24.1. The molecule has 0 bridgehead atoms. The van der Waals surface area contributed by atoms with Crippen molar-refractivity contribution in [2.45, 2.75) is 19.3 Å². The summed E-state index contributed by atoms with van der Waals surface area (Å²) in [7, 11) is 1.24. The Bertz CT molecular complexity index is 513. The molecule has 0 aliphatic heterocycles. The summed E-state index contributed by atoms with van der Waals surface area (Å²) in [6.07, 6.45) is 11.7. The van der Waals surface area contributed by atoms with Gasteiger partial charge in [-0.15, -0.1) is 6.58 Å². The van der Waals surface area contributed by atoms with Crippen LogP contribution in [0.3, 0.4) is 0 Å². The lowest BCUT2D eigenvalue weighted by molar-refractivity contribution is -0.138. The van der Waals surface area contributed by atoms with Crippen LogP contribution in [0.2, 0.25) is 0 Å². The molecule has 2 N–H and O–H groups in total. The van der Waals surface area contributed by atoms with Crippen LogP contribution in [-0.4, -0.2) is 47.8 Å². The number of rotatable bonds is 10. The molecule has 0 unspecified atom stereocenters. The molecule has 0 saturated heterocycles. The van der Waals surface area contributed by atoms with Gasteiger partial charge in [-0.05, 0) is 19.3 Å². The van der Waals surface area contributed by atoms with Gasteiger partial charge >= 0.3 is 23.9 Å². The van der Waals surface area contributed by atoms with E-state index in [1.54, 1.807) is 6.08 Å². The van der Waals surface area contributed by atoms with Crippen LogP contribution in [0.25, 0.3) is 0 Å². The van der Waals surface area contributed by atoms with E-state index >= 15 is 0 Å². The van der Waals surface area contributed by atoms with E-state index in [0.717, 1.165) is 31.4 Å². The predicted molar refractivity (Wildman–Crippen MR) is 89.7 cm³/mol. The lowest BCUT2D eigenvalue weighted by Crippen LogP contribution is -2.02. The zero-order chi connectivity index (χ0) is 19.5. The Morgan fingerprint density at radius 1 is 0.880 bits per heavy atom. The van der Waals surface area contributed by atoms with Crippen molar-refractivity contribution in [3.63, 3.8) is 0 Å². The van der Waals surface area contributed by atoms with Gasteiger partial charge in [0.25, 0.3) is 0 Å². The molecule has 0 amide bonds. The molecule has 0 aromatic rings. The minimum atomic E-state index is -1.26. The molecule has 0 spiro atoms. The van der Waals surface area contributed by atoms with Gasteiger partial charge in [0, 0.05) is 24.3 Å². The molecule has 8 heteroatoms. The molecule has 0 heterocycles. The third-order valence-electron chi connectivity index (χ3n) is 2.19. The number of carbonyl (C=O) groups is 4. The molecule has 0 aromatic heterocycles. The Balaban J connectivity index is 0. The van der Waals surface area contributed by atoms with E-state index in [1.165, 1.54) is 7.11 Å². The lowest BCUT2D eigenvalue weighted by atomic mass is 10.2. The summed E-state index contributed by atoms with van der Waals surface area (Å²) < 4.78 is 9.13. The maximum Gasteiger partial charge on any atom is 0.331 e. The van der Waals surface area contributed by atoms with Crippen LogP contribution in [0.4, 0.5) is 0 Å². The maximum absolute atomic E-state index is 11.0. The number of carboxylic acids is 2. The van der Waals surface area contributed by atoms with E-state index < -0.39 is 23.9 Å². The summed E-state index contributed by atoms with van der Waals surface area (Å²) in [5.74, 6) is -3.66. The van der Waals surface area contributed by atoms with E-state index in [1.807, 2.05) is 12.2 Å². The molecule has 0 radical (unpaired) electrons. The third-order valence-corrected chi connectivity index (χ3v) is 2.19. The van der Waals surface area contributed by atoms with E-state index in [-0.39, 0.29) is 6.61 Å². The normalized spacial score (nSPS) is 10.3. The monoisotopic (exact) mass is 354 g/mol. The SMILES string of the molecule is C=CCCCC=CCOC(=O)/C=C/C(=O)OC.O=C(O)/C=C\C(=O)O. The van der Waals surface area contributed by atoms with Crippen LogP contribution in [0.5, 0.6) is 0 Å². The largest absolute Gasteiger partial charge is 0.478 e. The van der Waals surface area contributed by atoms with Crippen molar-refractivity contribution in [2.24, 2.45) is 0 Å². The first-order chi connectivity index (χ1) is 11.8. The van der Waals surface area contributed by atoms with Crippen molar-refractivity contribution >= 4 is 23.9 Å². The van der Waals surface area contributed by atoms with Crippen molar-refractivity contribution in [3.8, 4) is 0 Å². The Morgan fingerprint density at radius 3 is 1.92 bits per heavy atom. The van der Waals surface area contributed by atoms with E-state index in [0.29, 0.717) is 12.2 Å². The summed E-state index contributed by atoms with van der Waals surface area (Å²) in [5, 5.41) is 15.6. The van der Waals surface area contributed by atoms with Gasteiger partial charge in [-0.1, -0.05) is 18.2 Å². The van der Waals surface area contributed by atoms with Crippen molar-refractivity contribution in [1.82, 2.24) is 0 Å². The van der Waals surface area contributed by atoms with Crippen LogP contribution < -0.4 is 0 Å². The second kappa shape index (κ2) is 17.2. The number of ether oxygens (including phenoxy) is 2. The number of hydrogen-bond acceptors (Lipinski definition) is 6. The molecule has 0 aliphatic carbocycles. The Hall–Kier alpha value is -3.16. The second-order valence-corrected chi connectivity index (χ2v) is 4.19. The molecule has 138 valence electrons. The van der Waals surface area contributed by atoms with Crippen molar-refractivity contribution in [2.75, 3.05) is 13.7 Å². The minimum absolute atomic E-state index is 0.207. The summed E-state index contributed by atoms with van der Waals surface area (Å²) >= 11 is 0. The molecule has 0 fully saturated rings. The highest BCUT2D eigenvalue weighted by Crippen LogP contribution is 1.96. The molecule has 8 nitrogen and oxygen atoms in total. The number of hydrogen-bond donors (Lipinski definition) is 2. The molecule has 25 heavy (non-hydrogen) atoms. The van der Waals surface area contributed by atoms with Gasteiger partial charge in [0.05, 0.1) is 7.11 Å².